The van der Waals surface area contributed by atoms with E-state index in [0.29, 0.717) is 5.92 Å². The van der Waals surface area contributed by atoms with E-state index in [1.54, 1.807) is 11.3 Å². The van der Waals surface area contributed by atoms with Crippen molar-refractivity contribution in [3.63, 3.8) is 0 Å². The Labute approximate surface area is 164 Å². The van der Waals surface area contributed by atoms with Crippen molar-refractivity contribution in [1.82, 2.24) is 25.0 Å². The molecular formula is C16H25IN6S. The maximum absolute atomic E-state index is 4.46. The number of aliphatic imine (C=N–C) groups is 1. The Balaban J connectivity index is 0.00000208. The van der Waals surface area contributed by atoms with Gasteiger partial charge in [-0.05, 0) is 18.4 Å². The highest BCUT2D eigenvalue weighted by Gasteiger charge is 2.26. The molecule has 3 rings (SSSR count). The Morgan fingerprint density at radius 2 is 2.29 bits per heavy atom. The third-order valence-corrected chi connectivity index (χ3v) is 5.39. The fourth-order valence-corrected chi connectivity index (χ4v) is 3.76. The zero-order chi connectivity index (χ0) is 16.2. The van der Waals surface area contributed by atoms with E-state index >= 15 is 0 Å². The van der Waals surface area contributed by atoms with Gasteiger partial charge in [-0.2, -0.15) is 5.10 Å². The van der Waals surface area contributed by atoms with Crippen LogP contribution in [-0.2, 0) is 20.0 Å². The molecule has 0 aliphatic carbocycles. The Bertz CT molecular complexity index is 680. The lowest BCUT2D eigenvalue weighted by atomic mass is 10.0. The number of nitrogens with zero attached hydrogens (tertiary/aromatic N) is 5. The highest BCUT2D eigenvalue weighted by Crippen LogP contribution is 2.26. The standard InChI is InChI=1S/C16H24N6S.HI/c1-4-14-8-18-15(23-14)9-19-16(17-2)22-6-5-12(11-22)13-7-20-21(3)10-13;/h7-8,10,12H,4-6,9,11H2,1-3H3,(H,17,19);1H. The molecule has 1 saturated heterocycles. The van der Waals surface area contributed by atoms with Gasteiger partial charge >= 0.3 is 0 Å². The fourth-order valence-electron chi connectivity index (χ4n) is 2.96. The second-order valence-corrected chi connectivity index (χ2v) is 7.05. The average molecular weight is 460 g/mol. The van der Waals surface area contributed by atoms with E-state index < -0.39 is 0 Å². The first-order chi connectivity index (χ1) is 11.2. The highest BCUT2D eigenvalue weighted by atomic mass is 127. The Kier molecular flexibility index (Phi) is 7.02. The topological polar surface area (TPSA) is 58.3 Å². The van der Waals surface area contributed by atoms with E-state index in [4.69, 9.17) is 0 Å². The predicted molar refractivity (Wildman–Crippen MR) is 109 cm³/mol. The molecule has 6 nitrogen and oxygen atoms in total. The van der Waals surface area contributed by atoms with Crippen LogP contribution in [0.25, 0.3) is 0 Å². The zero-order valence-electron chi connectivity index (χ0n) is 14.4. The van der Waals surface area contributed by atoms with Crippen LogP contribution in [0.4, 0.5) is 0 Å². The SMILES string of the molecule is CCc1cnc(CNC(=NC)N2CCC(c3cnn(C)c3)C2)s1.I. The molecule has 1 aliphatic rings. The number of thiazole rings is 1. The number of aromatic nitrogens is 3. The summed E-state index contributed by atoms with van der Waals surface area (Å²) in [6.45, 7) is 4.92. The van der Waals surface area contributed by atoms with Crippen molar-refractivity contribution < 1.29 is 0 Å². The van der Waals surface area contributed by atoms with Crippen LogP contribution in [0.3, 0.4) is 0 Å². The Morgan fingerprint density at radius 3 is 2.92 bits per heavy atom. The smallest absolute Gasteiger partial charge is 0.194 e. The molecule has 0 aromatic carbocycles. The van der Waals surface area contributed by atoms with Crippen LogP contribution >= 0.6 is 35.3 Å². The zero-order valence-corrected chi connectivity index (χ0v) is 17.5. The minimum absolute atomic E-state index is 0. The summed E-state index contributed by atoms with van der Waals surface area (Å²) in [4.78, 5) is 12.5. The molecule has 132 valence electrons. The average Bonchev–Trinajstić information content (AvgIpc) is 3.28. The molecule has 2 aromatic rings. The van der Waals surface area contributed by atoms with Crippen LogP contribution in [0.1, 0.15) is 34.7 Å². The van der Waals surface area contributed by atoms with Crippen LogP contribution in [0.5, 0.6) is 0 Å². The summed E-state index contributed by atoms with van der Waals surface area (Å²) in [5.74, 6) is 1.50. The molecule has 1 fully saturated rings. The van der Waals surface area contributed by atoms with Gasteiger partial charge in [0.15, 0.2) is 5.96 Å². The van der Waals surface area contributed by atoms with Gasteiger partial charge in [0, 0.05) is 50.4 Å². The van der Waals surface area contributed by atoms with Crippen LogP contribution in [0.15, 0.2) is 23.6 Å². The molecule has 0 saturated carbocycles. The molecule has 8 heteroatoms. The summed E-state index contributed by atoms with van der Waals surface area (Å²) in [6.07, 6.45) is 8.26. The lowest BCUT2D eigenvalue weighted by Crippen LogP contribution is -2.39. The summed E-state index contributed by atoms with van der Waals surface area (Å²) in [7, 11) is 3.81. The minimum Gasteiger partial charge on any atom is -0.350 e. The van der Waals surface area contributed by atoms with Crippen LogP contribution in [-0.4, -0.2) is 45.8 Å². The van der Waals surface area contributed by atoms with Gasteiger partial charge in [0.25, 0.3) is 0 Å². The largest absolute Gasteiger partial charge is 0.350 e. The maximum Gasteiger partial charge on any atom is 0.194 e. The number of hydrogen-bond acceptors (Lipinski definition) is 4. The minimum atomic E-state index is 0. The van der Waals surface area contributed by atoms with Crippen molar-refractivity contribution in [3.05, 3.63) is 34.0 Å². The monoisotopic (exact) mass is 460 g/mol. The maximum atomic E-state index is 4.46. The van der Waals surface area contributed by atoms with Crippen molar-refractivity contribution >= 4 is 41.3 Å². The van der Waals surface area contributed by atoms with Gasteiger partial charge in [0.2, 0.25) is 0 Å². The van der Waals surface area contributed by atoms with E-state index in [9.17, 15) is 0 Å². The molecule has 0 bridgehead atoms. The van der Waals surface area contributed by atoms with Gasteiger partial charge in [-0.25, -0.2) is 4.98 Å². The Morgan fingerprint density at radius 1 is 1.46 bits per heavy atom. The third-order valence-electron chi connectivity index (χ3n) is 4.24. The molecule has 1 N–H and O–H groups in total. The molecule has 2 aromatic heterocycles. The fraction of sp³-hybridized carbons (Fsp3) is 0.562. The normalized spacial score (nSPS) is 17.9. The van der Waals surface area contributed by atoms with E-state index in [0.717, 1.165) is 43.4 Å². The van der Waals surface area contributed by atoms with Crippen molar-refractivity contribution in [2.24, 2.45) is 12.0 Å². The van der Waals surface area contributed by atoms with Crippen molar-refractivity contribution in [1.29, 1.82) is 0 Å². The summed E-state index contributed by atoms with van der Waals surface area (Å²) < 4.78 is 1.87. The number of likely N-dealkylation sites (tertiary alicyclic amines) is 1. The first-order valence-electron chi connectivity index (χ1n) is 8.07. The predicted octanol–water partition coefficient (Wildman–Crippen LogP) is 2.62. The molecular weight excluding hydrogens is 435 g/mol. The van der Waals surface area contributed by atoms with E-state index in [1.165, 1.54) is 10.4 Å². The number of halogens is 1. The summed E-state index contributed by atoms with van der Waals surface area (Å²) >= 11 is 1.77. The number of aryl methyl sites for hydroxylation is 2. The molecule has 0 spiro atoms. The lowest BCUT2D eigenvalue weighted by molar-refractivity contribution is 0.485. The summed E-state index contributed by atoms with van der Waals surface area (Å²) in [5.41, 5.74) is 1.32. The highest BCUT2D eigenvalue weighted by molar-refractivity contribution is 14.0. The van der Waals surface area contributed by atoms with Gasteiger partial charge < -0.3 is 10.2 Å². The molecule has 1 unspecified atom stereocenters. The van der Waals surface area contributed by atoms with Gasteiger partial charge in [-0.1, -0.05) is 6.92 Å². The van der Waals surface area contributed by atoms with Crippen molar-refractivity contribution in [2.75, 3.05) is 20.1 Å². The van der Waals surface area contributed by atoms with Crippen LogP contribution in [0.2, 0.25) is 0 Å². The van der Waals surface area contributed by atoms with Gasteiger partial charge in [0.05, 0.1) is 12.7 Å². The molecule has 3 heterocycles. The molecule has 0 radical (unpaired) electrons. The van der Waals surface area contributed by atoms with Gasteiger partial charge in [0.1, 0.15) is 5.01 Å². The van der Waals surface area contributed by atoms with E-state index in [2.05, 4.69) is 38.4 Å². The summed E-state index contributed by atoms with van der Waals surface area (Å²) in [5, 5.41) is 8.85. The Hall–Kier alpha value is -1.16. The molecule has 0 amide bonds. The second kappa shape index (κ2) is 8.80. The van der Waals surface area contributed by atoms with Gasteiger partial charge in [-0.3, -0.25) is 9.67 Å². The molecule has 1 aliphatic heterocycles. The first kappa shape index (κ1) is 19.2. The van der Waals surface area contributed by atoms with Crippen LogP contribution < -0.4 is 5.32 Å². The summed E-state index contributed by atoms with van der Waals surface area (Å²) in [6, 6.07) is 0. The number of nitrogens with one attached hydrogen (secondary N) is 1. The molecule has 1 atom stereocenters. The van der Waals surface area contributed by atoms with Crippen LogP contribution in [0, 0.1) is 0 Å². The number of rotatable bonds is 4. The van der Waals surface area contributed by atoms with Crippen molar-refractivity contribution in [2.45, 2.75) is 32.2 Å². The number of guanidine groups is 1. The van der Waals surface area contributed by atoms with Crippen molar-refractivity contribution in [3.8, 4) is 0 Å². The third kappa shape index (κ3) is 4.47. The first-order valence-corrected chi connectivity index (χ1v) is 8.89. The van der Waals surface area contributed by atoms with E-state index in [-0.39, 0.29) is 24.0 Å². The molecule has 24 heavy (non-hydrogen) atoms. The van der Waals surface area contributed by atoms with E-state index in [1.807, 2.05) is 31.2 Å². The van der Waals surface area contributed by atoms with Gasteiger partial charge in [-0.15, -0.1) is 35.3 Å². The quantitative estimate of drug-likeness (QED) is 0.433. The lowest BCUT2D eigenvalue weighted by Gasteiger charge is -2.21. The second-order valence-electron chi connectivity index (χ2n) is 5.85. The number of hydrogen-bond donors (Lipinski definition) is 1.